The third-order valence-corrected chi connectivity index (χ3v) is 9.57. The van der Waals surface area contributed by atoms with Crippen LogP contribution in [0.25, 0.3) is 0 Å². The van der Waals surface area contributed by atoms with Crippen molar-refractivity contribution in [3.05, 3.63) is 89.5 Å². The predicted octanol–water partition coefficient (Wildman–Crippen LogP) is 5.37. The molecule has 4 rings (SSSR count). The minimum Gasteiger partial charge on any atom is -0.497 e. The Hall–Kier alpha value is -3.85. The summed E-state index contributed by atoms with van der Waals surface area (Å²) in [6, 6.07) is 20.2. The third kappa shape index (κ3) is 7.70. The highest BCUT2D eigenvalue weighted by molar-refractivity contribution is 7.92. The number of methoxy groups -OCH3 is 1. The van der Waals surface area contributed by atoms with Gasteiger partial charge in [-0.1, -0.05) is 61.2 Å². The molecule has 1 aliphatic rings. The van der Waals surface area contributed by atoms with E-state index in [1.807, 2.05) is 44.2 Å². The highest BCUT2D eigenvalue weighted by atomic mass is 32.2. The molecular formula is C33H41N3O5S. The summed E-state index contributed by atoms with van der Waals surface area (Å²) in [6.45, 7) is 5.09. The molecule has 42 heavy (non-hydrogen) atoms. The molecule has 0 aromatic heterocycles. The number of sulfonamides is 1. The number of hydrogen-bond acceptors (Lipinski definition) is 5. The molecule has 0 saturated heterocycles. The van der Waals surface area contributed by atoms with Crippen molar-refractivity contribution in [3.8, 4) is 5.75 Å². The number of aryl methyl sites for hydroxylation is 2. The lowest BCUT2D eigenvalue weighted by Gasteiger charge is -2.33. The van der Waals surface area contributed by atoms with Crippen LogP contribution in [-0.4, -0.2) is 50.9 Å². The number of rotatable bonds is 11. The van der Waals surface area contributed by atoms with Gasteiger partial charge < -0.3 is 15.0 Å². The molecule has 224 valence electrons. The summed E-state index contributed by atoms with van der Waals surface area (Å²) < 4.78 is 34.5. The minimum absolute atomic E-state index is 0.0770. The maximum absolute atomic E-state index is 14.1. The lowest BCUT2D eigenvalue weighted by molar-refractivity contribution is -0.139. The molecule has 2 amide bonds. The number of carbonyl (C=O) groups is 2. The van der Waals surface area contributed by atoms with Crippen LogP contribution in [0.15, 0.2) is 77.7 Å². The zero-order valence-corrected chi connectivity index (χ0v) is 25.7. The molecule has 0 aliphatic heterocycles. The molecule has 0 bridgehead atoms. The van der Waals surface area contributed by atoms with Crippen LogP contribution in [0.2, 0.25) is 0 Å². The smallest absolute Gasteiger partial charge is 0.264 e. The van der Waals surface area contributed by atoms with E-state index in [-0.39, 0.29) is 23.4 Å². The monoisotopic (exact) mass is 591 g/mol. The van der Waals surface area contributed by atoms with E-state index in [2.05, 4.69) is 5.32 Å². The Morgan fingerprint density at radius 1 is 0.929 bits per heavy atom. The van der Waals surface area contributed by atoms with E-state index in [0.717, 1.165) is 53.1 Å². The van der Waals surface area contributed by atoms with Gasteiger partial charge in [0.15, 0.2) is 0 Å². The maximum atomic E-state index is 14.1. The van der Waals surface area contributed by atoms with Crippen molar-refractivity contribution in [3.63, 3.8) is 0 Å². The number of carbonyl (C=O) groups excluding carboxylic acids is 2. The van der Waals surface area contributed by atoms with Gasteiger partial charge in [-0.3, -0.25) is 13.9 Å². The molecule has 0 heterocycles. The topological polar surface area (TPSA) is 96.0 Å². The summed E-state index contributed by atoms with van der Waals surface area (Å²) >= 11 is 0. The lowest BCUT2D eigenvalue weighted by atomic mass is 9.95. The van der Waals surface area contributed by atoms with Crippen molar-refractivity contribution >= 4 is 27.5 Å². The summed E-state index contributed by atoms with van der Waals surface area (Å²) in [5.41, 5.74) is 2.93. The SMILES string of the molecule is COc1cccc(CN(C(=O)CN(c2cccc(C)c2)S(=O)(=O)c2ccc(C)cc2)[C@H](C)C(=O)NC2CCCCC2)c1. The van der Waals surface area contributed by atoms with Gasteiger partial charge in [0, 0.05) is 12.6 Å². The molecule has 3 aromatic carbocycles. The van der Waals surface area contributed by atoms with Gasteiger partial charge in [-0.05, 0) is 81.1 Å². The van der Waals surface area contributed by atoms with Crippen molar-refractivity contribution in [2.75, 3.05) is 18.0 Å². The fourth-order valence-corrected chi connectivity index (χ4v) is 6.67. The van der Waals surface area contributed by atoms with Crippen LogP contribution in [0.1, 0.15) is 55.7 Å². The summed E-state index contributed by atoms with van der Waals surface area (Å²) in [5, 5.41) is 3.13. The van der Waals surface area contributed by atoms with Gasteiger partial charge in [0.2, 0.25) is 11.8 Å². The van der Waals surface area contributed by atoms with Crippen LogP contribution in [0.5, 0.6) is 5.75 Å². The van der Waals surface area contributed by atoms with Crippen LogP contribution in [-0.2, 0) is 26.2 Å². The number of anilines is 1. The predicted molar refractivity (Wildman–Crippen MR) is 165 cm³/mol. The van der Waals surface area contributed by atoms with Crippen molar-refractivity contribution in [2.45, 2.75) is 76.4 Å². The maximum Gasteiger partial charge on any atom is 0.264 e. The van der Waals surface area contributed by atoms with E-state index in [0.29, 0.717) is 11.4 Å². The van der Waals surface area contributed by atoms with Gasteiger partial charge >= 0.3 is 0 Å². The van der Waals surface area contributed by atoms with Crippen molar-refractivity contribution in [1.82, 2.24) is 10.2 Å². The molecule has 1 saturated carbocycles. The Kier molecular flexibility index (Phi) is 10.3. The largest absolute Gasteiger partial charge is 0.497 e. The number of nitrogens with zero attached hydrogens (tertiary/aromatic N) is 2. The van der Waals surface area contributed by atoms with Gasteiger partial charge in [-0.15, -0.1) is 0 Å². The van der Waals surface area contributed by atoms with E-state index >= 15 is 0 Å². The van der Waals surface area contributed by atoms with Crippen molar-refractivity contribution in [2.24, 2.45) is 0 Å². The Balaban J connectivity index is 1.68. The normalized spacial score (nSPS) is 14.6. The van der Waals surface area contributed by atoms with Crippen LogP contribution < -0.4 is 14.4 Å². The Bertz CT molecular complexity index is 1480. The average Bonchev–Trinajstić information content (AvgIpc) is 2.99. The number of ether oxygens (including phenoxy) is 1. The third-order valence-electron chi connectivity index (χ3n) is 7.78. The summed E-state index contributed by atoms with van der Waals surface area (Å²) in [7, 11) is -2.54. The fraction of sp³-hybridized carbons (Fsp3) is 0.394. The van der Waals surface area contributed by atoms with Gasteiger partial charge in [0.05, 0.1) is 17.7 Å². The highest BCUT2D eigenvalue weighted by Gasteiger charge is 2.33. The molecule has 1 N–H and O–H groups in total. The molecule has 0 radical (unpaired) electrons. The quantitative estimate of drug-likeness (QED) is 0.323. The molecule has 1 fully saturated rings. The van der Waals surface area contributed by atoms with Gasteiger partial charge in [-0.25, -0.2) is 8.42 Å². The molecule has 1 aliphatic carbocycles. The molecule has 0 unspecified atom stereocenters. The van der Waals surface area contributed by atoms with Crippen molar-refractivity contribution in [1.29, 1.82) is 0 Å². The summed E-state index contributed by atoms with van der Waals surface area (Å²) in [6.07, 6.45) is 5.12. The molecule has 3 aromatic rings. The second-order valence-corrected chi connectivity index (χ2v) is 12.9. The summed E-state index contributed by atoms with van der Waals surface area (Å²) in [4.78, 5) is 29.2. The van der Waals surface area contributed by atoms with Gasteiger partial charge in [0.25, 0.3) is 10.0 Å². The second-order valence-electron chi connectivity index (χ2n) is 11.1. The molecule has 0 spiro atoms. The first-order valence-corrected chi connectivity index (χ1v) is 15.9. The van der Waals surface area contributed by atoms with E-state index < -0.39 is 28.5 Å². The fourth-order valence-electron chi connectivity index (χ4n) is 5.27. The number of hydrogen-bond donors (Lipinski definition) is 1. The Morgan fingerprint density at radius 2 is 1.62 bits per heavy atom. The zero-order chi connectivity index (χ0) is 30.3. The minimum atomic E-state index is -4.10. The second kappa shape index (κ2) is 13.9. The zero-order valence-electron chi connectivity index (χ0n) is 24.9. The van der Waals surface area contributed by atoms with Gasteiger partial charge in [-0.2, -0.15) is 0 Å². The number of amides is 2. The first-order valence-electron chi connectivity index (χ1n) is 14.5. The molecule has 8 nitrogen and oxygen atoms in total. The highest BCUT2D eigenvalue weighted by Crippen LogP contribution is 2.26. The van der Waals surface area contributed by atoms with Crippen LogP contribution >= 0.6 is 0 Å². The average molecular weight is 592 g/mol. The first kappa shape index (κ1) is 31.1. The first-order chi connectivity index (χ1) is 20.1. The standard InChI is InChI=1S/C33H41N3O5S/c1-24-16-18-31(19-17-24)42(39,40)36(29-14-8-10-25(2)20-29)23-32(37)35(22-27-11-9-15-30(21-27)41-4)26(3)33(38)34-28-12-6-5-7-13-28/h8-11,14-21,26,28H,5-7,12-13,22-23H2,1-4H3,(H,34,38)/t26-/m1/s1. The van der Waals surface area contributed by atoms with E-state index in [1.54, 1.807) is 56.5 Å². The van der Waals surface area contributed by atoms with Crippen LogP contribution in [0, 0.1) is 13.8 Å². The summed E-state index contributed by atoms with van der Waals surface area (Å²) in [5.74, 6) is -0.106. The van der Waals surface area contributed by atoms with Crippen LogP contribution in [0.3, 0.4) is 0 Å². The Morgan fingerprint density at radius 3 is 2.29 bits per heavy atom. The molecular weight excluding hydrogens is 550 g/mol. The molecule has 1 atom stereocenters. The molecule has 9 heteroatoms. The number of nitrogens with one attached hydrogen (secondary N) is 1. The van der Waals surface area contributed by atoms with Crippen molar-refractivity contribution < 1.29 is 22.7 Å². The lowest BCUT2D eigenvalue weighted by Crippen LogP contribution is -2.53. The number of benzene rings is 3. The van der Waals surface area contributed by atoms with Crippen LogP contribution in [0.4, 0.5) is 5.69 Å². The van der Waals surface area contributed by atoms with E-state index in [9.17, 15) is 18.0 Å². The van der Waals surface area contributed by atoms with E-state index in [1.165, 1.54) is 4.90 Å². The van der Waals surface area contributed by atoms with E-state index in [4.69, 9.17) is 4.74 Å². The Labute approximate surface area is 249 Å². The van der Waals surface area contributed by atoms with Gasteiger partial charge in [0.1, 0.15) is 18.3 Å².